The summed E-state index contributed by atoms with van der Waals surface area (Å²) in [4.78, 5) is 17.6. The van der Waals surface area contributed by atoms with E-state index in [1.54, 1.807) is 12.1 Å². The third-order valence-corrected chi connectivity index (χ3v) is 5.31. The van der Waals surface area contributed by atoms with E-state index in [-0.39, 0.29) is 29.7 Å². The van der Waals surface area contributed by atoms with Gasteiger partial charge in [0.05, 0.1) is 24.7 Å². The predicted molar refractivity (Wildman–Crippen MR) is 142 cm³/mol. The summed E-state index contributed by atoms with van der Waals surface area (Å²) in [6.45, 7) is 10.6. The van der Waals surface area contributed by atoms with E-state index in [2.05, 4.69) is 53.6 Å². The van der Waals surface area contributed by atoms with Crippen LogP contribution in [-0.4, -0.2) is 48.6 Å². The van der Waals surface area contributed by atoms with Crippen molar-refractivity contribution in [1.82, 2.24) is 15.5 Å². The highest BCUT2D eigenvalue weighted by molar-refractivity contribution is 14.0. The topological polar surface area (TPSA) is 92.0 Å². The Morgan fingerprint density at radius 3 is 2.39 bits per heavy atom. The quantitative estimate of drug-likeness (QED) is 0.157. The first-order valence-electron chi connectivity index (χ1n) is 11.1. The Balaban J connectivity index is 0.00000385. The highest BCUT2D eigenvalue weighted by Gasteiger charge is 2.13. The molecule has 0 amide bonds. The summed E-state index contributed by atoms with van der Waals surface area (Å²) in [6.07, 6.45) is 0. The van der Waals surface area contributed by atoms with Gasteiger partial charge in [-0.1, -0.05) is 50.2 Å². The Bertz CT molecular complexity index is 899. The van der Waals surface area contributed by atoms with Gasteiger partial charge in [0.1, 0.15) is 0 Å². The summed E-state index contributed by atoms with van der Waals surface area (Å²) in [5.41, 5.74) is 3.56. The molecule has 1 aliphatic heterocycles. The molecule has 180 valence electrons. The van der Waals surface area contributed by atoms with Gasteiger partial charge in [0.15, 0.2) is 5.96 Å². The van der Waals surface area contributed by atoms with Gasteiger partial charge >= 0.3 is 0 Å². The zero-order valence-electron chi connectivity index (χ0n) is 19.3. The van der Waals surface area contributed by atoms with E-state index >= 15 is 0 Å². The third kappa shape index (κ3) is 9.26. The number of morpholine rings is 1. The van der Waals surface area contributed by atoms with E-state index in [0.717, 1.165) is 50.9 Å². The molecule has 1 saturated heterocycles. The van der Waals surface area contributed by atoms with Crippen LogP contribution in [0.3, 0.4) is 0 Å². The molecule has 0 bridgehead atoms. The summed E-state index contributed by atoms with van der Waals surface area (Å²) in [5, 5.41) is 17.7. The maximum absolute atomic E-state index is 10.8. The fourth-order valence-corrected chi connectivity index (χ4v) is 3.43. The minimum absolute atomic E-state index is 0. The maximum atomic E-state index is 10.8. The average molecular weight is 567 g/mol. The molecule has 1 fully saturated rings. The highest BCUT2D eigenvalue weighted by Crippen LogP contribution is 2.14. The summed E-state index contributed by atoms with van der Waals surface area (Å²) >= 11 is 0. The van der Waals surface area contributed by atoms with E-state index in [1.165, 1.54) is 23.3 Å². The number of nitro benzene ring substituents is 1. The number of hydrogen-bond acceptors (Lipinski definition) is 5. The number of guanidine groups is 1. The molecule has 2 aromatic carbocycles. The second kappa shape index (κ2) is 14.1. The van der Waals surface area contributed by atoms with Crippen molar-refractivity contribution in [2.24, 2.45) is 10.9 Å². The third-order valence-electron chi connectivity index (χ3n) is 5.31. The molecule has 0 spiro atoms. The van der Waals surface area contributed by atoms with Gasteiger partial charge in [-0.3, -0.25) is 15.0 Å². The molecule has 0 radical (unpaired) electrons. The van der Waals surface area contributed by atoms with Crippen molar-refractivity contribution in [3.63, 3.8) is 0 Å². The second-order valence-electron chi connectivity index (χ2n) is 8.37. The van der Waals surface area contributed by atoms with Crippen molar-refractivity contribution >= 4 is 35.6 Å². The average Bonchev–Trinajstić information content (AvgIpc) is 2.80. The monoisotopic (exact) mass is 567 g/mol. The van der Waals surface area contributed by atoms with Gasteiger partial charge in [-0.2, -0.15) is 0 Å². The molecule has 9 heteroatoms. The smallest absolute Gasteiger partial charge is 0.269 e. The van der Waals surface area contributed by atoms with Crippen LogP contribution in [0.1, 0.15) is 30.5 Å². The molecule has 1 aliphatic rings. The Morgan fingerprint density at radius 1 is 1.09 bits per heavy atom. The van der Waals surface area contributed by atoms with Crippen molar-refractivity contribution in [2.45, 2.75) is 33.5 Å². The molecule has 0 saturated carbocycles. The van der Waals surface area contributed by atoms with Gasteiger partial charge in [-0.15, -0.1) is 24.0 Å². The lowest BCUT2D eigenvalue weighted by Crippen LogP contribution is -2.39. The van der Waals surface area contributed by atoms with Crippen LogP contribution in [0.5, 0.6) is 0 Å². The molecule has 3 rings (SSSR count). The van der Waals surface area contributed by atoms with Crippen LogP contribution in [0.2, 0.25) is 0 Å². The summed E-state index contributed by atoms with van der Waals surface area (Å²) in [7, 11) is 0. The van der Waals surface area contributed by atoms with Crippen LogP contribution in [0, 0.1) is 16.0 Å². The van der Waals surface area contributed by atoms with Crippen LogP contribution >= 0.6 is 24.0 Å². The zero-order valence-corrected chi connectivity index (χ0v) is 21.7. The number of nitro groups is 1. The molecule has 8 nitrogen and oxygen atoms in total. The number of hydrogen-bond donors (Lipinski definition) is 2. The largest absolute Gasteiger partial charge is 0.379 e. The lowest BCUT2D eigenvalue weighted by molar-refractivity contribution is -0.384. The molecular formula is C24H34IN5O3. The van der Waals surface area contributed by atoms with Gasteiger partial charge in [0.25, 0.3) is 5.69 Å². The summed E-state index contributed by atoms with van der Waals surface area (Å²) < 4.78 is 5.46. The minimum atomic E-state index is -0.390. The van der Waals surface area contributed by atoms with Gasteiger partial charge < -0.3 is 15.4 Å². The minimum Gasteiger partial charge on any atom is -0.379 e. The van der Waals surface area contributed by atoms with Crippen LogP contribution in [-0.2, 0) is 24.4 Å². The first-order valence-corrected chi connectivity index (χ1v) is 11.1. The number of nitrogens with zero attached hydrogens (tertiary/aromatic N) is 3. The van der Waals surface area contributed by atoms with E-state index in [4.69, 9.17) is 9.73 Å². The Morgan fingerprint density at radius 2 is 1.76 bits per heavy atom. The number of rotatable bonds is 9. The highest BCUT2D eigenvalue weighted by atomic mass is 127. The molecule has 0 aromatic heterocycles. The van der Waals surface area contributed by atoms with Gasteiger partial charge in [0.2, 0.25) is 0 Å². The number of aliphatic imine (C=N–C) groups is 1. The number of nitrogens with one attached hydrogen (secondary N) is 2. The van der Waals surface area contributed by atoms with E-state index in [1.807, 2.05) is 0 Å². The first kappa shape index (κ1) is 27.0. The lowest BCUT2D eigenvalue weighted by atomic mass is 10.1. The normalized spacial score (nSPS) is 14.6. The van der Waals surface area contributed by atoms with E-state index < -0.39 is 4.92 Å². The van der Waals surface area contributed by atoms with Gasteiger partial charge in [-0.05, 0) is 22.6 Å². The summed E-state index contributed by atoms with van der Waals surface area (Å²) in [5.74, 6) is 1.22. The standard InChI is InChI=1S/C24H33N5O3.HI/c1-19(2)15-25-24(26-16-20-7-9-23(10-8-20)29(30)31)27-17-21-5-3-4-6-22(21)18-28-11-13-32-14-12-28;/h3-10,19H,11-18H2,1-2H3,(H2,25,26,27);1H. The molecule has 2 aromatic rings. The Hall–Kier alpha value is -2.24. The predicted octanol–water partition coefficient (Wildman–Crippen LogP) is 3.94. The fourth-order valence-electron chi connectivity index (χ4n) is 3.43. The van der Waals surface area contributed by atoms with Crippen molar-refractivity contribution < 1.29 is 9.66 Å². The molecule has 2 N–H and O–H groups in total. The molecular weight excluding hydrogens is 533 g/mol. The molecule has 0 atom stereocenters. The number of ether oxygens (including phenoxy) is 1. The summed E-state index contributed by atoms with van der Waals surface area (Å²) in [6, 6.07) is 15.0. The van der Waals surface area contributed by atoms with E-state index in [0.29, 0.717) is 19.0 Å². The van der Waals surface area contributed by atoms with Crippen LogP contribution in [0.4, 0.5) is 5.69 Å². The second-order valence-corrected chi connectivity index (χ2v) is 8.37. The Labute approximate surface area is 213 Å². The van der Waals surface area contributed by atoms with Crippen LogP contribution in [0.25, 0.3) is 0 Å². The molecule has 1 heterocycles. The zero-order chi connectivity index (χ0) is 22.8. The first-order chi connectivity index (χ1) is 15.5. The number of non-ortho nitro benzene ring substituents is 1. The maximum Gasteiger partial charge on any atom is 0.269 e. The van der Waals surface area contributed by atoms with Gasteiger partial charge in [-0.25, -0.2) is 4.99 Å². The van der Waals surface area contributed by atoms with Gasteiger partial charge in [0, 0.05) is 44.9 Å². The van der Waals surface area contributed by atoms with Crippen LogP contribution in [0.15, 0.2) is 53.5 Å². The van der Waals surface area contributed by atoms with Crippen LogP contribution < -0.4 is 10.6 Å². The number of halogens is 1. The molecule has 33 heavy (non-hydrogen) atoms. The van der Waals surface area contributed by atoms with Crippen molar-refractivity contribution in [3.05, 3.63) is 75.3 Å². The lowest BCUT2D eigenvalue weighted by Gasteiger charge is -2.27. The SMILES string of the molecule is CC(C)CNC(=NCc1ccc([N+](=O)[O-])cc1)NCc1ccccc1CN1CCOCC1.I. The molecule has 0 aliphatic carbocycles. The van der Waals surface area contributed by atoms with Crippen molar-refractivity contribution in [3.8, 4) is 0 Å². The fraction of sp³-hybridized carbons (Fsp3) is 0.458. The molecule has 0 unspecified atom stereocenters. The van der Waals surface area contributed by atoms with Crippen molar-refractivity contribution in [1.29, 1.82) is 0 Å². The van der Waals surface area contributed by atoms with E-state index in [9.17, 15) is 10.1 Å². The Kier molecular flexibility index (Phi) is 11.6. The number of benzene rings is 2. The van der Waals surface area contributed by atoms with Crippen molar-refractivity contribution in [2.75, 3.05) is 32.8 Å².